The molecular formula is C11H14BrNO2S. The summed E-state index contributed by atoms with van der Waals surface area (Å²) in [6, 6.07) is 9.72. The minimum Gasteiger partial charge on any atom is -0.480 e. The molecule has 5 heteroatoms. The van der Waals surface area contributed by atoms with Crippen molar-refractivity contribution in [2.45, 2.75) is 22.6 Å². The minimum atomic E-state index is -0.744. The number of aliphatic carboxylic acids is 1. The van der Waals surface area contributed by atoms with E-state index in [1.165, 1.54) is 4.90 Å². The monoisotopic (exact) mass is 303 g/mol. The molecule has 0 unspecified atom stereocenters. The summed E-state index contributed by atoms with van der Waals surface area (Å²) in [7, 11) is 0. The summed E-state index contributed by atoms with van der Waals surface area (Å²) >= 11 is 1.75. The molecule has 0 aromatic heterocycles. The van der Waals surface area contributed by atoms with E-state index >= 15 is 0 Å². The van der Waals surface area contributed by atoms with Crippen molar-refractivity contribution in [3.63, 3.8) is 0 Å². The summed E-state index contributed by atoms with van der Waals surface area (Å²) in [5.41, 5.74) is 0. The van der Waals surface area contributed by atoms with E-state index < -0.39 is 5.97 Å². The second-order valence-corrected chi connectivity index (χ2v) is 4.96. The highest BCUT2D eigenvalue weighted by Crippen LogP contribution is 2.28. The molecular weight excluding hydrogens is 290 g/mol. The van der Waals surface area contributed by atoms with Crippen LogP contribution in [-0.4, -0.2) is 28.9 Å². The molecule has 0 saturated carbocycles. The van der Waals surface area contributed by atoms with E-state index in [4.69, 9.17) is 5.11 Å². The predicted molar refractivity (Wildman–Crippen MR) is 70.5 cm³/mol. The van der Waals surface area contributed by atoms with Gasteiger partial charge in [-0.1, -0.05) is 18.2 Å². The molecule has 1 aromatic rings. The molecule has 1 fully saturated rings. The van der Waals surface area contributed by atoms with Crippen LogP contribution in [0.2, 0.25) is 0 Å². The van der Waals surface area contributed by atoms with Gasteiger partial charge < -0.3 is 10.4 Å². The molecule has 1 aliphatic heterocycles. The number of carboxylic acid groups (broad SMARTS) is 1. The zero-order chi connectivity index (χ0) is 10.7. The lowest BCUT2D eigenvalue weighted by molar-refractivity contribution is -0.139. The van der Waals surface area contributed by atoms with E-state index in [0.717, 1.165) is 6.54 Å². The standard InChI is InChI=1S/C11H13NO2S.BrH/c13-11(14)10-6-9(7-12-10)15-8-4-2-1-3-5-8;/h1-5,9-10,12H,6-7H2,(H,13,14);1H/t9-,10-;/m0./s1. The first-order valence-electron chi connectivity index (χ1n) is 4.93. The molecule has 88 valence electrons. The van der Waals surface area contributed by atoms with Crippen LogP contribution < -0.4 is 5.32 Å². The molecule has 0 radical (unpaired) electrons. The van der Waals surface area contributed by atoms with Crippen molar-refractivity contribution >= 4 is 34.7 Å². The van der Waals surface area contributed by atoms with Gasteiger partial charge in [-0.25, -0.2) is 0 Å². The summed E-state index contributed by atoms with van der Waals surface area (Å²) in [4.78, 5) is 11.9. The Kier molecular flexibility index (Phi) is 5.31. The molecule has 0 amide bonds. The van der Waals surface area contributed by atoms with Crippen LogP contribution in [0.5, 0.6) is 0 Å². The van der Waals surface area contributed by atoms with Crippen molar-refractivity contribution in [3.05, 3.63) is 30.3 Å². The number of hydrogen-bond acceptors (Lipinski definition) is 3. The Morgan fingerprint density at radius 1 is 1.38 bits per heavy atom. The molecule has 0 spiro atoms. The third kappa shape index (κ3) is 3.50. The summed E-state index contributed by atoms with van der Waals surface area (Å²) in [6.45, 7) is 0.774. The fourth-order valence-corrected chi connectivity index (χ4v) is 2.84. The van der Waals surface area contributed by atoms with Crippen LogP contribution in [0.1, 0.15) is 6.42 Å². The molecule has 2 N–H and O–H groups in total. The number of carboxylic acids is 1. The van der Waals surface area contributed by atoms with Crippen LogP contribution in [0.4, 0.5) is 0 Å². The van der Waals surface area contributed by atoms with Crippen LogP contribution in [-0.2, 0) is 4.79 Å². The highest BCUT2D eigenvalue weighted by atomic mass is 79.9. The van der Waals surface area contributed by atoms with Crippen molar-refractivity contribution in [1.82, 2.24) is 5.32 Å². The lowest BCUT2D eigenvalue weighted by atomic mass is 10.2. The Bertz CT molecular complexity index is 347. The first-order chi connectivity index (χ1) is 7.25. The van der Waals surface area contributed by atoms with Gasteiger partial charge in [-0.3, -0.25) is 4.79 Å². The molecule has 3 nitrogen and oxygen atoms in total. The first-order valence-corrected chi connectivity index (χ1v) is 5.81. The summed E-state index contributed by atoms with van der Waals surface area (Å²) in [6.07, 6.45) is 0.703. The molecule has 16 heavy (non-hydrogen) atoms. The summed E-state index contributed by atoms with van der Waals surface area (Å²) < 4.78 is 0. The third-order valence-electron chi connectivity index (χ3n) is 2.43. The van der Waals surface area contributed by atoms with Crippen molar-refractivity contribution in [3.8, 4) is 0 Å². The van der Waals surface area contributed by atoms with Gasteiger partial charge in [0.05, 0.1) is 0 Å². The lowest BCUT2D eigenvalue weighted by Crippen LogP contribution is -2.29. The quantitative estimate of drug-likeness (QED) is 0.898. The fraction of sp³-hybridized carbons (Fsp3) is 0.364. The number of thioether (sulfide) groups is 1. The zero-order valence-electron chi connectivity index (χ0n) is 8.63. The van der Waals surface area contributed by atoms with Gasteiger partial charge >= 0.3 is 5.97 Å². The van der Waals surface area contributed by atoms with E-state index in [1.807, 2.05) is 18.2 Å². The molecule has 1 heterocycles. The van der Waals surface area contributed by atoms with Gasteiger partial charge in [-0.2, -0.15) is 0 Å². The maximum atomic E-state index is 10.7. The van der Waals surface area contributed by atoms with Gasteiger partial charge in [-0.05, 0) is 18.6 Å². The Labute approximate surface area is 109 Å². The smallest absolute Gasteiger partial charge is 0.320 e. The van der Waals surface area contributed by atoms with Crippen molar-refractivity contribution in [1.29, 1.82) is 0 Å². The number of carbonyl (C=O) groups is 1. The number of benzene rings is 1. The number of rotatable bonds is 3. The average molecular weight is 304 g/mol. The number of halogens is 1. The second kappa shape index (κ2) is 6.27. The molecule has 2 rings (SSSR count). The Hall–Kier alpha value is -0.520. The molecule has 1 saturated heterocycles. The maximum absolute atomic E-state index is 10.7. The normalized spacial score (nSPS) is 23.8. The van der Waals surface area contributed by atoms with Gasteiger partial charge in [0, 0.05) is 16.7 Å². The summed E-state index contributed by atoms with van der Waals surface area (Å²) in [5.74, 6) is -0.744. The van der Waals surface area contributed by atoms with Crippen molar-refractivity contribution in [2.75, 3.05) is 6.54 Å². The molecule has 2 atom stereocenters. The van der Waals surface area contributed by atoms with Crippen molar-refractivity contribution < 1.29 is 9.90 Å². The van der Waals surface area contributed by atoms with Crippen LogP contribution in [0.15, 0.2) is 35.2 Å². The van der Waals surface area contributed by atoms with Gasteiger partial charge in [-0.15, -0.1) is 28.7 Å². The van der Waals surface area contributed by atoms with Gasteiger partial charge in [0.15, 0.2) is 0 Å². The van der Waals surface area contributed by atoms with E-state index in [0.29, 0.717) is 11.7 Å². The highest BCUT2D eigenvalue weighted by Gasteiger charge is 2.29. The van der Waals surface area contributed by atoms with Gasteiger partial charge in [0.25, 0.3) is 0 Å². The molecule has 1 aromatic carbocycles. The number of hydrogen-bond donors (Lipinski definition) is 2. The van der Waals surface area contributed by atoms with Crippen LogP contribution in [0, 0.1) is 0 Å². The van der Waals surface area contributed by atoms with E-state index in [9.17, 15) is 4.79 Å². The topological polar surface area (TPSA) is 49.3 Å². The van der Waals surface area contributed by atoms with Crippen molar-refractivity contribution in [2.24, 2.45) is 0 Å². The Morgan fingerprint density at radius 2 is 2.06 bits per heavy atom. The van der Waals surface area contributed by atoms with Crippen LogP contribution in [0.25, 0.3) is 0 Å². The lowest BCUT2D eigenvalue weighted by Gasteiger charge is -2.07. The van der Waals surface area contributed by atoms with Crippen LogP contribution >= 0.6 is 28.7 Å². The van der Waals surface area contributed by atoms with E-state index in [1.54, 1.807) is 11.8 Å². The SMILES string of the molecule is Br.O=C(O)[C@@H]1C[C@H](Sc2ccccc2)CN1. The van der Waals surface area contributed by atoms with Gasteiger partial charge in [0.2, 0.25) is 0 Å². The number of nitrogens with one attached hydrogen (secondary N) is 1. The van der Waals surface area contributed by atoms with E-state index in [2.05, 4.69) is 17.4 Å². The largest absolute Gasteiger partial charge is 0.480 e. The second-order valence-electron chi connectivity index (χ2n) is 3.59. The van der Waals surface area contributed by atoms with Crippen LogP contribution in [0.3, 0.4) is 0 Å². The molecule has 0 aliphatic carbocycles. The average Bonchev–Trinajstić information content (AvgIpc) is 2.68. The maximum Gasteiger partial charge on any atom is 0.320 e. The van der Waals surface area contributed by atoms with Gasteiger partial charge in [0.1, 0.15) is 6.04 Å². The Morgan fingerprint density at radius 3 is 2.62 bits per heavy atom. The minimum absolute atomic E-state index is 0. The fourth-order valence-electron chi connectivity index (χ4n) is 1.67. The highest BCUT2D eigenvalue weighted by molar-refractivity contribution is 8.93. The molecule has 0 bridgehead atoms. The molecule has 1 aliphatic rings. The zero-order valence-corrected chi connectivity index (χ0v) is 11.2. The first kappa shape index (κ1) is 13.5. The predicted octanol–water partition coefficient (Wildman–Crippen LogP) is 2.17. The summed E-state index contributed by atoms with van der Waals surface area (Å²) in [5, 5.41) is 12.2. The van der Waals surface area contributed by atoms with E-state index in [-0.39, 0.29) is 23.0 Å². The third-order valence-corrected chi connectivity index (χ3v) is 3.67. The Balaban J connectivity index is 0.00000128.